The van der Waals surface area contributed by atoms with Crippen molar-refractivity contribution in [2.75, 3.05) is 13.7 Å². The molecule has 21 heavy (non-hydrogen) atoms. The second kappa shape index (κ2) is 5.93. The summed E-state index contributed by atoms with van der Waals surface area (Å²) in [4.78, 5) is 9.06. The van der Waals surface area contributed by atoms with Crippen LogP contribution in [0.25, 0.3) is 16.9 Å². The molecule has 2 aromatic heterocycles. The van der Waals surface area contributed by atoms with E-state index in [1.165, 1.54) is 0 Å². The molecular weight excluding hydrogens is 266 g/mol. The fraction of sp³-hybridized carbons (Fsp3) is 0.250. The van der Waals surface area contributed by atoms with Crippen molar-refractivity contribution >= 4 is 11.2 Å². The van der Waals surface area contributed by atoms with Crippen molar-refractivity contribution in [2.24, 2.45) is 0 Å². The minimum absolute atomic E-state index is 0.152. The Morgan fingerprint density at radius 3 is 2.71 bits per heavy atom. The summed E-state index contributed by atoms with van der Waals surface area (Å²) in [6.45, 7) is 0.152. The highest BCUT2D eigenvalue weighted by atomic mass is 16.5. The highest BCUT2D eigenvalue weighted by molar-refractivity contribution is 5.73. The smallest absolute Gasteiger partial charge is 0.164 e. The standard InChI is InChI=1S/C16H17N3O2/c1-21-13-8-6-12(7-9-13)19-15(5-3-11-20)18-14-4-2-10-17-16(14)19/h2,4,6-10,20H,3,5,11H2,1H3. The number of pyridine rings is 1. The molecule has 5 heteroatoms. The second-order valence-corrected chi connectivity index (χ2v) is 4.73. The summed E-state index contributed by atoms with van der Waals surface area (Å²) in [5, 5.41) is 9.06. The molecule has 2 heterocycles. The van der Waals surface area contributed by atoms with Crippen LogP contribution in [0.15, 0.2) is 42.6 Å². The molecule has 0 unspecified atom stereocenters. The third-order valence-electron chi connectivity index (χ3n) is 3.37. The van der Waals surface area contributed by atoms with Gasteiger partial charge in [0.15, 0.2) is 5.65 Å². The maximum absolute atomic E-state index is 9.06. The van der Waals surface area contributed by atoms with E-state index < -0.39 is 0 Å². The normalized spacial score (nSPS) is 11.0. The lowest BCUT2D eigenvalue weighted by Gasteiger charge is -2.09. The molecule has 0 saturated heterocycles. The van der Waals surface area contributed by atoms with E-state index >= 15 is 0 Å². The van der Waals surface area contributed by atoms with Crippen molar-refractivity contribution in [3.05, 3.63) is 48.4 Å². The summed E-state index contributed by atoms with van der Waals surface area (Å²) in [6.07, 6.45) is 3.15. The fourth-order valence-corrected chi connectivity index (χ4v) is 2.37. The lowest BCUT2D eigenvalue weighted by atomic mass is 10.2. The number of benzene rings is 1. The Hall–Kier alpha value is -2.40. The van der Waals surface area contributed by atoms with Crippen LogP contribution in [0.3, 0.4) is 0 Å². The van der Waals surface area contributed by atoms with Gasteiger partial charge in [0, 0.05) is 24.9 Å². The molecule has 0 aliphatic rings. The summed E-state index contributed by atoms with van der Waals surface area (Å²) >= 11 is 0. The highest BCUT2D eigenvalue weighted by Gasteiger charge is 2.12. The SMILES string of the molecule is COc1ccc(-n2c(CCCO)nc3cccnc32)cc1. The Labute approximate surface area is 122 Å². The number of aryl methyl sites for hydroxylation is 1. The van der Waals surface area contributed by atoms with E-state index in [1.54, 1.807) is 13.3 Å². The molecule has 1 aromatic carbocycles. The zero-order valence-corrected chi connectivity index (χ0v) is 11.9. The first-order chi connectivity index (χ1) is 10.3. The van der Waals surface area contributed by atoms with E-state index in [0.29, 0.717) is 12.8 Å². The monoisotopic (exact) mass is 283 g/mol. The van der Waals surface area contributed by atoms with Gasteiger partial charge in [-0.3, -0.25) is 4.57 Å². The topological polar surface area (TPSA) is 60.2 Å². The van der Waals surface area contributed by atoms with E-state index in [2.05, 4.69) is 9.97 Å². The molecule has 0 bridgehead atoms. The molecule has 0 saturated carbocycles. The Kier molecular flexibility index (Phi) is 3.83. The molecule has 0 aliphatic heterocycles. The van der Waals surface area contributed by atoms with Crippen molar-refractivity contribution in [1.82, 2.24) is 14.5 Å². The Morgan fingerprint density at radius 2 is 2.00 bits per heavy atom. The summed E-state index contributed by atoms with van der Waals surface area (Å²) < 4.78 is 7.23. The molecule has 5 nitrogen and oxygen atoms in total. The Morgan fingerprint density at radius 1 is 1.19 bits per heavy atom. The number of fused-ring (bicyclic) bond motifs is 1. The summed E-state index contributed by atoms with van der Waals surface area (Å²) in [7, 11) is 1.65. The van der Waals surface area contributed by atoms with Crippen molar-refractivity contribution < 1.29 is 9.84 Å². The first-order valence-corrected chi connectivity index (χ1v) is 6.91. The van der Waals surface area contributed by atoms with Gasteiger partial charge in [-0.1, -0.05) is 0 Å². The van der Waals surface area contributed by atoms with Crippen LogP contribution >= 0.6 is 0 Å². The molecular formula is C16H17N3O2. The number of rotatable bonds is 5. The van der Waals surface area contributed by atoms with Crippen molar-refractivity contribution in [1.29, 1.82) is 0 Å². The van der Waals surface area contributed by atoms with Gasteiger partial charge < -0.3 is 9.84 Å². The lowest BCUT2D eigenvalue weighted by Crippen LogP contribution is -2.03. The Balaban J connectivity index is 2.12. The van der Waals surface area contributed by atoms with Crippen LogP contribution in [-0.4, -0.2) is 33.4 Å². The minimum atomic E-state index is 0.152. The average molecular weight is 283 g/mol. The molecule has 0 atom stereocenters. The van der Waals surface area contributed by atoms with Gasteiger partial charge in [-0.05, 0) is 42.8 Å². The number of aliphatic hydroxyl groups is 1. The van der Waals surface area contributed by atoms with Gasteiger partial charge >= 0.3 is 0 Å². The molecule has 1 N–H and O–H groups in total. The van der Waals surface area contributed by atoms with E-state index in [0.717, 1.165) is 28.4 Å². The highest BCUT2D eigenvalue weighted by Crippen LogP contribution is 2.22. The van der Waals surface area contributed by atoms with Gasteiger partial charge in [-0.2, -0.15) is 0 Å². The predicted octanol–water partition coefficient (Wildman–Crippen LogP) is 2.35. The van der Waals surface area contributed by atoms with Crippen LogP contribution in [0.2, 0.25) is 0 Å². The van der Waals surface area contributed by atoms with Gasteiger partial charge in [0.1, 0.15) is 17.1 Å². The van der Waals surface area contributed by atoms with Crippen molar-refractivity contribution in [3.63, 3.8) is 0 Å². The molecule has 0 aliphatic carbocycles. The molecule has 0 fully saturated rings. The molecule has 0 amide bonds. The summed E-state index contributed by atoms with van der Waals surface area (Å²) in [6, 6.07) is 11.6. The number of ether oxygens (including phenoxy) is 1. The van der Waals surface area contributed by atoms with Crippen LogP contribution in [-0.2, 0) is 6.42 Å². The first kappa shape index (κ1) is 13.6. The van der Waals surface area contributed by atoms with E-state index in [4.69, 9.17) is 9.84 Å². The molecule has 3 aromatic rings. The second-order valence-electron chi connectivity index (χ2n) is 4.73. The van der Waals surface area contributed by atoms with Gasteiger partial charge in [-0.25, -0.2) is 9.97 Å². The summed E-state index contributed by atoms with van der Waals surface area (Å²) in [5.41, 5.74) is 2.68. The number of imidazole rings is 1. The first-order valence-electron chi connectivity index (χ1n) is 6.91. The van der Waals surface area contributed by atoms with Gasteiger partial charge in [0.05, 0.1) is 7.11 Å². The number of hydrogen-bond donors (Lipinski definition) is 1. The molecule has 3 rings (SSSR count). The number of aromatic nitrogens is 3. The third kappa shape index (κ3) is 2.60. The minimum Gasteiger partial charge on any atom is -0.497 e. The maximum Gasteiger partial charge on any atom is 0.164 e. The number of hydrogen-bond acceptors (Lipinski definition) is 4. The largest absolute Gasteiger partial charge is 0.497 e. The van der Waals surface area contributed by atoms with E-state index in [9.17, 15) is 0 Å². The lowest BCUT2D eigenvalue weighted by molar-refractivity contribution is 0.287. The van der Waals surface area contributed by atoms with Crippen LogP contribution < -0.4 is 4.74 Å². The molecule has 0 spiro atoms. The fourth-order valence-electron chi connectivity index (χ4n) is 2.37. The van der Waals surface area contributed by atoms with Crippen molar-refractivity contribution in [2.45, 2.75) is 12.8 Å². The van der Waals surface area contributed by atoms with Crippen LogP contribution in [0.4, 0.5) is 0 Å². The zero-order chi connectivity index (χ0) is 14.7. The van der Waals surface area contributed by atoms with Gasteiger partial charge in [0.2, 0.25) is 0 Å². The average Bonchev–Trinajstić information content (AvgIpc) is 2.91. The number of aliphatic hydroxyl groups excluding tert-OH is 1. The third-order valence-corrected chi connectivity index (χ3v) is 3.37. The van der Waals surface area contributed by atoms with Gasteiger partial charge in [0.25, 0.3) is 0 Å². The van der Waals surface area contributed by atoms with Crippen LogP contribution in [0.1, 0.15) is 12.2 Å². The number of methoxy groups -OCH3 is 1. The molecule has 0 radical (unpaired) electrons. The van der Waals surface area contributed by atoms with Crippen molar-refractivity contribution in [3.8, 4) is 11.4 Å². The quantitative estimate of drug-likeness (QED) is 0.781. The number of nitrogens with zero attached hydrogens (tertiary/aromatic N) is 3. The zero-order valence-electron chi connectivity index (χ0n) is 11.9. The Bertz CT molecular complexity index is 735. The van der Waals surface area contributed by atoms with Crippen LogP contribution in [0, 0.1) is 0 Å². The maximum atomic E-state index is 9.06. The van der Waals surface area contributed by atoms with E-state index in [1.807, 2.05) is 41.0 Å². The molecule has 108 valence electrons. The predicted molar refractivity (Wildman–Crippen MR) is 80.8 cm³/mol. The van der Waals surface area contributed by atoms with E-state index in [-0.39, 0.29) is 6.61 Å². The van der Waals surface area contributed by atoms with Crippen LogP contribution in [0.5, 0.6) is 5.75 Å². The van der Waals surface area contributed by atoms with Gasteiger partial charge in [-0.15, -0.1) is 0 Å². The summed E-state index contributed by atoms with van der Waals surface area (Å²) in [5.74, 6) is 1.72.